The average Bonchev–Trinajstić information content (AvgIpc) is 2.03. The first-order chi connectivity index (χ1) is 5.54. The molecular weight excluding hydrogens is 146 g/mol. The van der Waals surface area contributed by atoms with Gasteiger partial charge < -0.3 is 5.32 Å². The van der Waals surface area contributed by atoms with Crippen molar-refractivity contribution < 1.29 is 0 Å². The Kier molecular flexibility index (Phi) is 10.9. The predicted molar refractivity (Wildman–Crippen MR) is 58.5 cm³/mol. The summed E-state index contributed by atoms with van der Waals surface area (Å²) in [5, 5.41) is 3.48. The van der Waals surface area contributed by atoms with Gasteiger partial charge in [-0.1, -0.05) is 41.5 Å². The van der Waals surface area contributed by atoms with E-state index in [-0.39, 0.29) is 0 Å². The molecule has 0 fully saturated rings. The summed E-state index contributed by atoms with van der Waals surface area (Å²) in [4.78, 5) is 0. The van der Waals surface area contributed by atoms with Crippen LogP contribution in [-0.2, 0) is 0 Å². The minimum Gasteiger partial charge on any atom is -0.314 e. The predicted octanol–water partition coefficient (Wildman–Crippen LogP) is 3.30. The molecule has 1 N–H and O–H groups in total. The summed E-state index contributed by atoms with van der Waals surface area (Å²) in [5.74, 6) is 1.51. The topological polar surface area (TPSA) is 12.0 Å². The number of hydrogen-bond donors (Lipinski definition) is 1. The lowest BCUT2D eigenvalue weighted by atomic mass is 10.1. The Morgan fingerprint density at radius 2 is 1.33 bits per heavy atom. The molecule has 12 heavy (non-hydrogen) atoms. The first kappa shape index (κ1) is 14.5. The summed E-state index contributed by atoms with van der Waals surface area (Å²) in [5.41, 5.74) is 0. The molecule has 0 aliphatic rings. The second-order valence-electron chi connectivity index (χ2n) is 3.83. The Morgan fingerprint density at radius 1 is 0.917 bits per heavy atom. The van der Waals surface area contributed by atoms with Crippen LogP contribution in [0.3, 0.4) is 0 Å². The van der Waals surface area contributed by atoms with E-state index >= 15 is 0 Å². The summed E-state index contributed by atoms with van der Waals surface area (Å²) in [6, 6.07) is 0.655. The van der Waals surface area contributed by atoms with Gasteiger partial charge in [0.05, 0.1) is 0 Å². The highest BCUT2D eigenvalue weighted by molar-refractivity contribution is 4.64. The van der Waals surface area contributed by atoms with E-state index in [2.05, 4.69) is 39.9 Å². The summed E-state index contributed by atoms with van der Waals surface area (Å²) in [6.07, 6.45) is 0. The molecule has 0 aliphatic carbocycles. The van der Waals surface area contributed by atoms with Crippen LogP contribution in [-0.4, -0.2) is 12.6 Å². The van der Waals surface area contributed by atoms with Crippen LogP contribution in [0.15, 0.2) is 0 Å². The number of hydrogen-bond acceptors (Lipinski definition) is 1. The van der Waals surface area contributed by atoms with Gasteiger partial charge in [-0.2, -0.15) is 0 Å². The van der Waals surface area contributed by atoms with E-state index < -0.39 is 0 Å². The minimum atomic E-state index is 0.655. The molecule has 1 atom stereocenters. The third-order valence-corrected chi connectivity index (χ3v) is 1.85. The van der Waals surface area contributed by atoms with Crippen molar-refractivity contribution in [3.8, 4) is 0 Å². The van der Waals surface area contributed by atoms with Gasteiger partial charge in [0.1, 0.15) is 0 Å². The first-order valence-electron chi connectivity index (χ1n) is 5.27. The highest BCUT2D eigenvalue weighted by atomic mass is 14.9. The van der Waals surface area contributed by atoms with Crippen molar-refractivity contribution in [1.29, 1.82) is 0 Å². The Hall–Kier alpha value is -0.0400. The number of rotatable bonds is 4. The van der Waals surface area contributed by atoms with Gasteiger partial charge in [0.2, 0.25) is 0 Å². The summed E-state index contributed by atoms with van der Waals surface area (Å²) >= 11 is 0. The van der Waals surface area contributed by atoms with Crippen molar-refractivity contribution in [3.05, 3.63) is 0 Å². The summed E-state index contributed by atoms with van der Waals surface area (Å²) < 4.78 is 0. The minimum absolute atomic E-state index is 0.655. The maximum absolute atomic E-state index is 3.48. The van der Waals surface area contributed by atoms with E-state index in [0.29, 0.717) is 6.04 Å². The van der Waals surface area contributed by atoms with Crippen LogP contribution in [0.4, 0.5) is 0 Å². The fourth-order valence-electron chi connectivity index (χ4n) is 0.657. The molecule has 0 bridgehead atoms. The van der Waals surface area contributed by atoms with Crippen LogP contribution in [0.5, 0.6) is 0 Å². The van der Waals surface area contributed by atoms with Crippen LogP contribution < -0.4 is 5.32 Å². The highest BCUT2D eigenvalue weighted by Crippen LogP contribution is 2.00. The maximum atomic E-state index is 3.48. The molecule has 0 saturated carbocycles. The van der Waals surface area contributed by atoms with Gasteiger partial charge in [-0.05, 0) is 25.3 Å². The van der Waals surface area contributed by atoms with Crippen LogP contribution in [0, 0.1) is 11.8 Å². The van der Waals surface area contributed by atoms with Gasteiger partial charge in [0.25, 0.3) is 0 Å². The highest BCUT2D eigenvalue weighted by Gasteiger charge is 2.05. The molecule has 1 unspecified atom stereocenters. The first-order valence-corrected chi connectivity index (χ1v) is 5.27. The fraction of sp³-hybridized carbons (Fsp3) is 1.00. The van der Waals surface area contributed by atoms with E-state index in [9.17, 15) is 0 Å². The Labute approximate surface area is 78.9 Å². The van der Waals surface area contributed by atoms with E-state index in [1.165, 1.54) is 0 Å². The zero-order valence-corrected chi connectivity index (χ0v) is 9.94. The van der Waals surface area contributed by atoms with Crippen molar-refractivity contribution in [3.63, 3.8) is 0 Å². The molecule has 0 radical (unpaired) electrons. The molecule has 0 aromatic rings. The molecule has 0 rings (SSSR count). The SMILES string of the molecule is CC.CC(C)CNC(C)C(C)C. The summed E-state index contributed by atoms with van der Waals surface area (Å²) in [7, 11) is 0. The zero-order valence-electron chi connectivity index (χ0n) is 9.94. The standard InChI is InChI=1S/C9H21N.C2H6/c1-7(2)6-10-9(5)8(3)4;1-2/h7-10H,6H2,1-5H3;1-2H3. The van der Waals surface area contributed by atoms with E-state index in [0.717, 1.165) is 18.4 Å². The molecule has 1 heteroatoms. The molecule has 0 aromatic carbocycles. The Bertz CT molecular complexity index is 77.1. The average molecular weight is 173 g/mol. The van der Waals surface area contributed by atoms with Gasteiger partial charge in [-0.15, -0.1) is 0 Å². The quantitative estimate of drug-likeness (QED) is 0.688. The summed E-state index contributed by atoms with van der Waals surface area (Å²) in [6.45, 7) is 16.3. The molecule has 76 valence electrons. The Balaban J connectivity index is 0. The van der Waals surface area contributed by atoms with Gasteiger partial charge in [-0.25, -0.2) is 0 Å². The number of nitrogens with one attached hydrogen (secondary N) is 1. The largest absolute Gasteiger partial charge is 0.314 e. The van der Waals surface area contributed by atoms with E-state index in [4.69, 9.17) is 0 Å². The van der Waals surface area contributed by atoms with Crippen molar-refractivity contribution in [1.82, 2.24) is 5.32 Å². The second kappa shape index (κ2) is 9.05. The van der Waals surface area contributed by atoms with Gasteiger partial charge >= 0.3 is 0 Å². The molecule has 0 heterocycles. The normalized spacial score (nSPS) is 12.8. The molecular formula is C11H27N. The monoisotopic (exact) mass is 173 g/mol. The molecule has 0 aliphatic heterocycles. The molecule has 1 nitrogen and oxygen atoms in total. The second-order valence-corrected chi connectivity index (χ2v) is 3.83. The zero-order chi connectivity index (χ0) is 10.1. The molecule has 0 amide bonds. The maximum Gasteiger partial charge on any atom is 0.00618 e. The van der Waals surface area contributed by atoms with Crippen LogP contribution in [0.1, 0.15) is 48.5 Å². The lowest BCUT2D eigenvalue weighted by Gasteiger charge is -2.18. The lowest BCUT2D eigenvalue weighted by molar-refractivity contribution is 0.401. The smallest absolute Gasteiger partial charge is 0.00618 e. The van der Waals surface area contributed by atoms with Crippen LogP contribution >= 0.6 is 0 Å². The van der Waals surface area contributed by atoms with Crippen molar-refractivity contribution in [2.24, 2.45) is 11.8 Å². The van der Waals surface area contributed by atoms with Crippen molar-refractivity contribution in [2.75, 3.05) is 6.54 Å². The van der Waals surface area contributed by atoms with Gasteiger partial charge in [-0.3, -0.25) is 0 Å². The molecule has 0 aromatic heterocycles. The van der Waals surface area contributed by atoms with Crippen molar-refractivity contribution >= 4 is 0 Å². The van der Waals surface area contributed by atoms with Crippen molar-refractivity contribution in [2.45, 2.75) is 54.5 Å². The van der Waals surface area contributed by atoms with E-state index in [1.807, 2.05) is 13.8 Å². The lowest BCUT2D eigenvalue weighted by Crippen LogP contribution is -2.33. The van der Waals surface area contributed by atoms with Gasteiger partial charge in [0, 0.05) is 6.04 Å². The third-order valence-electron chi connectivity index (χ3n) is 1.85. The molecule has 0 saturated heterocycles. The Morgan fingerprint density at radius 3 is 1.58 bits per heavy atom. The fourth-order valence-corrected chi connectivity index (χ4v) is 0.657. The third kappa shape index (κ3) is 9.96. The van der Waals surface area contributed by atoms with Gasteiger partial charge in [0.15, 0.2) is 0 Å². The molecule has 0 spiro atoms. The van der Waals surface area contributed by atoms with E-state index in [1.54, 1.807) is 0 Å². The van der Waals surface area contributed by atoms with Crippen LogP contribution in [0.2, 0.25) is 0 Å². The van der Waals surface area contributed by atoms with Crippen LogP contribution in [0.25, 0.3) is 0 Å².